The average molecular weight is 465 g/mol. The average Bonchev–Trinajstić information content (AvgIpc) is 3.17. The molecule has 6 nitrogen and oxygen atoms in total. The molecule has 0 radical (unpaired) electrons. The van der Waals surface area contributed by atoms with Crippen molar-refractivity contribution < 1.29 is 28.5 Å². The van der Waals surface area contributed by atoms with E-state index in [1.807, 2.05) is 44.2 Å². The molecule has 5 atom stereocenters. The molecule has 2 fully saturated rings. The van der Waals surface area contributed by atoms with Gasteiger partial charge in [0.2, 0.25) is 0 Å². The number of benzene rings is 1. The Bertz CT molecular complexity index is 774. The van der Waals surface area contributed by atoms with E-state index in [1.165, 1.54) is 0 Å². The summed E-state index contributed by atoms with van der Waals surface area (Å²) in [6, 6.07) is 9.94. The Labute approximate surface area is 194 Å². The van der Waals surface area contributed by atoms with Gasteiger partial charge < -0.3 is 28.5 Å². The molecule has 3 rings (SSSR count). The first kappa shape index (κ1) is 25.6. The lowest BCUT2D eigenvalue weighted by Crippen LogP contribution is -2.56. The monoisotopic (exact) mass is 464 g/mol. The second kappa shape index (κ2) is 9.29. The van der Waals surface area contributed by atoms with Gasteiger partial charge in [0.25, 0.3) is 0 Å². The zero-order valence-electron chi connectivity index (χ0n) is 20.6. The van der Waals surface area contributed by atoms with Gasteiger partial charge in [0.05, 0.1) is 13.2 Å². The normalized spacial score (nSPS) is 29.5. The van der Waals surface area contributed by atoms with Crippen LogP contribution >= 0.6 is 0 Å². The van der Waals surface area contributed by atoms with Gasteiger partial charge in [-0.3, -0.25) is 0 Å². The van der Waals surface area contributed by atoms with Crippen LogP contribution in [0.3, 0.4) is 0 Å². The van der Waals surface area contributed by atoms with Crippen molar-refractivity contribution in [3.05, 3.63) is 48.6 Å². The first-order valence-corrected chi connectivity index (χ1v) is 14.3. The van der Waals surface area contributed by atoms with Crippen LogP contribution in [-0.4, -0.2) is 56.0 Å². The van der Waals surface area contributed by atoms with Gasteiger partial charge >= 0.3 is 0 Å². The van der Waals surface area contributed by atoms with Crippen LogP contribution in [0.1, 0.15) is 46.6 Å². The van der Waals surface area contributed by atoms with Crippen LogP contribution in [-0.2, 0) is 30.0 Å². The van der Waals surface area contributed by atoms with Crippen LogP contribution in [0.5, 0.6) is 0 Å². The molecule has 2 heterocycles. The highest BCUT2D eigenvalue weighted by molar-refractivity contribution is 6.74. The summed E-state index contributed by atoms with van der Waals surface area (Å²) in [5.41, 5.74) is -0.280. The van der Waals surface area contributed by atoms with Gasteiger partial charge in [-0.05, 0) is 44.0 Å². The van der Waals surface area contributed by atoms with Crippen molar-refractivity contribution >= 4 is 8.32 Å². The molecule has 1 aromatic rings. The van der Waals surface area contributed by atoms with E-state index in [2.05, 4.69) is 40.4 Å². The second-order valence-electron chi connectivity index (χ2n) is 10.9. The van der Waals surface area contributed by atoms with Crippen molar-refractivity contribution in [3.63, 3.8) is 0 Å². The van der Waals surface area contributed by atoms with Gasteiger partial charge in [-0.15, -0.1) is 6.58 Å². The highest BCUT2D eigenvalue weighted by Crippen LogP contribution is 2.44. The maximum atomic E-state index is 11.8. The highest BCUT2D eigenvalue weighted by Gasteiger charge is 2.60. The fourth-order valence-corrected chi connectivity index (χ4v) is 4.93. The Hall–Kier alpha value is -1.06. The maximum Gasteiger partial charge on any atom is 0.192 e. The van der Waals surface area contributed by atoms with Crippen molar-refractivity contribution in [1.29, 1.82) is 0 Å². The van der Waals surface area contributed by atoms with Crippen LogP contribution < -0.4 is 0 Å². The van der Waals surface area contributed by atoms with E-state index in [9.17, 15) is 5.11 Å². The fraction of sp³-hybridized carbons (Fsp3) is 0.680. The van der Waals surface area contributed by atoms with Crippen LogP contribution in [0.15, 0.2) is 43.0 Å². The minimum atomic E-state index is -2.09. The molecular formula is C25H40O6Si. The van der Waals surface area contributed by atoms with Gasteiger partial charge in [-0.25, -0.2) is 0 Å². The van der Waals surface area contributed by atoms with Gasteiger partial charge in [0, 0.05) is 0 Å². The standard InChI is InChI=1S/C25H40O6Si/c1-9-15-25(26,17-28-32(7,8)23(2,3)4)21-19(27-16-18-13-11-10-12-14-18)20-22(29-21)31-24(5,6)30-20/h9-14,19-22,26H,1,15-17H2,2-8H3/t19-,20-,21+,22-,25-/m1/s1. The molecule has 0 aliphatic carbocycles. The van der Waals surface area contributed by atoms with Crippen LogP contribution in [0, 0.1) is 0 Å². The third-order valence-corrected chi connectivity index (χ3v) is 11.3. The third-order valence-electron chi connectivity index (χ3n) is 6.79. The molecule has 0 spiro atoms. The second-order valence-corrected chi connectivity index (χ2v) is 15.7. The summed E-state index contributed by atoms with van der Waals surface area (Å²) >= 11 is 0. The summed E-state index contributed by atoms with van der Waals surface area (Å²) in [4.78, 5) is 0. The Morgan fingerprint density at radius 2 is 1.81 bits per heavy atom. The summed E-state index contributed by atoms with van der Waals surface area (Å²) in [6.45, 7) is 19.0. The lowest BCUT2D eigenvalue weighted by atomic mass is 9.89. The predicted molar refractivity (Wildman–Crippen MR) is 127 cm³/mol. The third kappa shape index (κ3) is 5.52. The van der Waals surface area contributed by atoms with Gasteiger partial charge in [-0.2, -0.15) is 0 Å². The molecule has 1 aromatic carbocycles. The van der Waals surface area contributed by atoms with Crippen LogP contribution in [0.4, 0.5) is 0 Å². The quantitative estimate of drug-likeness (QED) is 0.419. The van der Waals surface area contributed by atoms with Gasteiger partial charge in [-0.1, -0.05) is 57.2 Å². The van der Waals surface area contributed by atoms with Crippen molar-refractivity contribution in [2.24, 2.45) is 0 Å². The summed E-state index contributed by atoms with van der Waals surface area (Å²) < 4.78 is 31.1. The number of rotatable bonds is 9. The van der Waals surface area contributed by atoms with Crippen LogP contribution in [0.25, 0.3) is 0 Å². The number of ether oxygens (including phenoxy) is 4. The Morgan fingerprint density at radius 1 is 1.16 bits per heavy atom. The van der Waals surface area contributed by atoms with Gasteiger partial charge in [0.1, 0.15) is 23.9 Å². The number of hydrogen-bond acceptors (Lipinski definition) is 6. The maximum absolute atomic E-state index is 11.8. The largest absolute Gasteiger partial charge is 0.414 e. The molecule has 0 unspecified atom stereocenters. The molecule has 0 saturated carbocycles. The molecule has 1 N–H and O–H groups in total. The van der Waals surface area contributed by atoms with E-state index in [0.717, 1.165) is 5.56 Å². The Balaban J connectivity index is 1.83. The van der Waals surface area contributed by atoms with Crippen molar-refractivity contribution in [2.45, 2.75) is 102 Å². The number of fused-ring (bicyclic) bond motifs is 1. The lowest BCUT2D eigenvalue weighted by molar-refractivity contribution is -0.248. The molecule has 2 aliphatic heterocycles. The number of hydrogen-bond donors (Lipinski definition) is 1. The first-order chi connectivity index (χ1) is 14.8. The molecular weight excluding hydrogens is 424 g/mol. The molecule has 0 aromatic heterocycles. The SMILES string of the molecule is C=CC[C@@](O)(CO[Si](C)(C)C(C)(C)C)[C@H]1O[C@@H]2OC(C)(C)O[C@@H]2[C@H]1OCc1ccccc1. The summed E-state index contributed by atoms with van der Waals surface area (Å²) in [7, 11) is -2.09. The topological polar surface area (TPSA) is 66.4 Å². The summed E-state index contributed by atoms with van der Waals surface area (Å²) in [6.07, 6.45) is -0.245. The molecule has 0 amide bonds. The van der Waals surface area contributed by atoms with E-state index in [0.29, 0.717) is 13.0 Å². The van der Waals surface area contributed by atoms with Gasteiger partial charge in [0.15, 0.2) is 20.4 Å². The predicted octanol–water partition coefficient (Wildman–Crippen LogP) is 4.78. The molecule has 0 bridgehead atoms. The molecule has 2 aliphatic rings. The van der Waals surface area contributed by atoms with E-state index in [4.69, 9.17) is 23.4 Å². The molecule has 7 heteroatoms. The highest BCUT2D eigenvalue weighted by atomic mass is 28.4. The fourth-order valence-electron chi connectivity index (χ4n) is 3.89. The minimum Gasteiger partial charge on any atom is -0.414 e. The van der Waals surface area contributed by atoms with Crippen molar-refractivity contribution in [2.75, 3.05) is 6.61 Å². The Kier molecular flexibility index (Phi) is 7.42. The minimum absolute atomic E-state index is 0.0224. The Morgan fingerprint density at radius 3 is 2.41 bits per heavy atom. The van der Waals surface area contributed by atoms with E-state index in [1.54, 1.807) is 6.08 Å². The first-order valence-electron chi connectivity index (χ1n) is 11.4. The summed E-state index contributed by atoms with van der Waals surface area (Å²) in [5.74, 6) is -0.775. The molecule has 180 valence electrons. The molecule has 32 heavy (non-hydrogen) atoms. The van der Waals surface area contributed by atoms with E-state index in [-0.39, 0.29) is 11.6 Å². The van der Waals surface area contributed by atoms with Crippen LogP contribution in [0.2, 0.25) is 18.1 Å². The zero-order chi connectivity index (χ0) is 23.8. The van der Waals surface area contributed by atoms with Crippen molar-refractivity contribution in [3.8, 4) is 0 Å². The lowest BCUT2D eigenvalue weighted by Gasteiger charge is -2.42. The smallest absolute Gasteiger partial charge is 0.192 e. The van der Waals surface area contributed by atoms with E-state index < -0.39 is 44.3 Å². The number of aliphatic hydroxyl groups is 1. The summed E-state index contributed by atoms with van der Waals surface area (Å²) in [5, 5.41) is 11.8. The van der Waals surface area contributed by atoms with E-state index >= 15 is 0 Å². The molecule has 2 saturated heterocycles. The zero-order valence-corrected chi connectivity index (χ0v) is 21.6. The van der Waals surface area contributed by atoms with Crippen molar-refractivity contribution in [1.82, 2.24) is 0 Å².